The zero-order chi connectivity index (χ0) is 23.7. The highest BCUT2D eigenvalue weighted by atomic mass is 35.5. The molecule has 0 N–H and O–H groups in total. The van der Waals surface area contributed by atoms with E-state index in [0.717, 1.165) is 11.1 Å². The van der Waals surface area contributed by atoms with E-state index >= 15 is 0 Å². The SMILES string of the molecule is COc1ccc(C(=O)Oc2c(-c3ccccc3Cl)oc3c(C)cc(C)cc3c2=O)cc1OC. The van der Waals surface area contributed by atoms with E-state index in [2.05, 4.69) is 0 Å². The van der Waals surface area contributed by atoms with Crippen molar-refractivity contribution in [3.63, 3.8) is 0 Å². The van der Waals surface area contributed by atoms with Crippen LogP contribution in [-0.4, -0.2) is 20.2 Å². The number of methoxy groups -OCH3 is 2. The van der Waals surface area contributed by atoms with Gasteiger partial charge in [-0.1, -0.05) is 29.8 Å². The van der Waals surface area contributed by atoms with Gasteiger partial charge in [-0.15, -0.1) is 0 Å². The van der Waals surface area contributed by atoms with E-state index in [4.69, 9.17) is 30.2 Å². The summed E-state index contributed by atoms with van der Waals surface area (Å²) < 4.78 is 22.2. The Bertz CT molecular complexity index is 1440. The van der Waals surface area contributed by atoms with Gasteiger partial charge in [0.1, 0.15) is 5.58 Å². The van der Waals surface area contributed by atoms with E-state index in [0.29, 0.717) is 33.1 Å². The molecule has 1 aromatic heterocycles. The number of benzene rings is 3. The third-order valence-corrected chi connectivity index (χ3v) is 5.54. The van der Waals surface area contributed by atoms with Crippen LogP contribution in [0.15, 0.2) is 63.8 Å². The average molecular weight is 465 g/mol. The first-order valence-corrected chi connectivity index (χ1v) is 10.5. The van der Waals surface area contributed by atoms with Gasteiger partial charge in [-0.2, -0.15) is 0 Å². The maximum atomic E-state index is 13.5. The number of rotatable bonds is 5. The smallest absolute Gasteiger partial charge is 0.343 e. The van der Waals surface area contributed by atoms with Gasteiger partial charge in [0.2, 0.25) is 11.2 Å². The van der Waals surface area contributed by atoms with E-state index in [9.17, 15) is 9.59 Å². The normalized spacial score (nSPS) is 10.8. The average Bonchev–Trinajstić information content (AvgIpc) is 2.81. The molecule has 0 saturated heterocycles. The van der Waals surface area contributed by atoms with E-state index in [1.807, 2.05) is 19.9 Å². The Labute approximate surface area is 195 Å². The predicted octanol–water partition coefficient (Wildman–Crippen LogP) is 5.97. The molecule has 33 heavy (non-hydrogen) atoms. The molecule has 4 rings (SSSR count). The summed E-state index contributed by atoms with van der Waals surface area (Å²) in [6.45, 7) is 3.73. The molecule has 0 fully saturated rings. The van der Waals surface area contributed by atoms with Crippen LogP contribution in [0, 0.1) is 13.8 Å². The van der Waals surface area contributed by atoms with Crippen LogP contribution in [0.1, 0.15) is 21.5 Å². The van der Waals surface area contributed by atoms with E-state index in [1.165, 1.54) is 26.4 Å². The van der Waals surface area contributed by atoms with Crippen molar-refractivity contribution in [2.75, 3.05) is 14.2 Å². The van der Waals surface area contributed by atoms with Crippen LogP contribution in [0.3, 0.4) is 0 Å². The minimum atomic E-state index is -0.750. The fraction of sp³-hybridized carbons (Fsp3) is 0.154. The molecule has 0 aliphatic heterocycles. The molecule has 3 aromatic carbocycles. The van der Waals surface area contributed by atoms with Gasteiger partial charge in [0.15, 0.2) is 17.3 Å². The van der Waals surface area contributed by atoms with E-state index < -0.39 is 11.4 Å². The molecular formula is C26H21ClO6. The number of hydrogen-bond acceptors (Lipinski definition) is 6. The van der Waals surface area contributed by atoms with Crippen LogP contribution in [-0.2, 0) is 0 Å². The molecule has 4 aromatic rings. The zero-order valence-electron chi connectivity index (χ0n) is 18.5. The number of carbonyl (C=O) groups excluding carboxylic acids is 1. The Hall–Kier alpha value is -3.77. The van der Waals surface area contributed by atoms with Gasteiger partial charge in [-0.25, -0.2) is 4.79 Å². The van der Waals surface area contributed by atoms with Crippen LogP contribution in [0.2, 0.25) is 5.02 Å². The van der Waals surface area contributed by atoms with Crippen molar-refractivity contribution in [2.24, 2.45) is 0 Å². The monoisotopic (exact) mass is 464 g/mol. The summed E-state index contributed by atoms with van der Waals surface area (Å²) in [4.78, 5) is 26.5. The molecule has 0 aliphatic carbocycles. The summed E-state index contributed by atoms with van der Waals surface area (Å²) in [5.41, 5.74) is 2.23. The fourth-order valence-corrected chi connectivity index (χ4v) is 3.88. The number of ether oxygens (including phenoxy) is 3. The molecule has 0 aliphatic rings. The first kappa shape index (κ1) is 22.4. The number of carbonyl (C=O) groups is 1. The molecular weight excluding hydrogens is 444 g/mol. The molecule has 0 amide bonds. The van der Waals surface area contributed by atoms with Crippen LogP contribution in [0.5, 0.6) is 17.2 Å². The van der Waals surface area contributed by atoms with Crippen LogP contribution in [0.25, 0.3) is 22.3 Å². The molecule has 0 bridgehead atoms. The van der Waals surface area contributed by atoms with Crippen molar-refractivity contribution >= 4 is 28.5 Å². The van der Waals surface area contributed by atoms with Crippen molar-refractivity contribution in [2.45, 2.75) is 13.8 Å². The van der Waals surface area contributed by atoms with Crippen molar-refractivity contribution in [1.29, 1.82) is 0 Å². The second-order valence-electron chi connectivity index (χ2n) is 7.49. The predicted molar refractivity (Wildman–Crippen MR) is 127 cm³/mol. The zero-order valence-corrected chi connectivity index (χ0v) is 19.3. The minimum absolute atomic E-state index is 0.0823. The highest BCUT2D eigenvalue weighted by Gasteiger charge is 2.24. The third-order valence-electron chi connectivity index (χ3n) is 5.21. The maximum absolute atomic E-state index is 13.5. The van der Waals surface area contributed by atoms with Gasteiger partial charge in [-0.05, 0) is 61.4 Å². The topological polar surface area (TPSA) is 75.0 Å². The molecule has 168 valence electrons. The first-order chi connectivity index (χ1) is 15.8. The van der Waals surface area contributed by atoms with Crippen molar-refractivity contribution < 1.29 is 23.4 Å². The Kier molecular flexibility index (Phi) is 6.11. The second-order valence-corrected chi connectivity index (χ2v) is 7.89. The lowest BCUT2D eigenvalue weighted by atomic mass is 10.1. The molecule has 0 saturated carbocycles. The van der Waals surface area contributed by atoms with E-state index in [1.54, 1.807) is 36.4 Å². The largest absolute Gasteiger partial charge is 0.493 e. The van der Waals surface area contributed by atoms with Crippen LogP contribution < -0.4 is 19.6 Å². The molecule has 7 heteroatoms. The van der Waals surface area contributed by atoms with Crippen molar-refractivity contribution in [3.8, 4) is 28.6 Å². The summed E-state index contributed by atoms with van der Waals surface area (Å²) in [5.74, 6) is -0.0865. The quantitative estimate of drug-likeness (QED) is 0.339. The maximum Gasteiger partial charge on any atom is 0.343 e. The molecule has 6 nitrogen and oxygen atoms in total. The van der Waals surface area contributed by atoms with Crippen LogP contribution >= 0.6 is 11.6 Å². The number of hydrogen-bond donors (Lipinski definition) is 0. The minimum Gasteiger partial charge on any atom is -0.493 e. The molecule has 0 atom stereocenters. The Morgan fingerprint density at radius 2 is 1.67 bits per heavy atom. The number of halogens is 1. The molecule has 0 unspecified atom stereocenters. The highest BCUT2D eigenvalue weighted by Crippen LogP contribution is 2.37. The molecule has 0 radical (unpaired) electrons. The first-order valence-electron chi connectivity index (χ1n) is 10.1. The lowest BCUT2D eigenvalue weighted by molar-refractivity contribution is 0.0731. The number of esters is 1. The standard InChI is InChI=1S/C26H21ClO6/c1-14-11-15(2)23-18(12-14)22(28)25(24(32-23)17-7-5-6-8-19(17)27)33-26(29)16-9-10-20(30-3)21(13-16)31-4/h5-13H,1-4H3. The van der Waals surface area contributed by atoms with E-state index in [-0.39, 0.29) is 17.1 Å². The van der Waals surface area contributed by atoms with Gasteiger partial charge < -0.3 is 18.6 Å². The Morgan fingerprint density at radius 1 is 0.939 bits per heavy atom. The molecule has 1 heterocycles. The number of aryl methyl sites for hydroxylation is 2. The summed E-state index contributed by atoms with van der Waals surface area (Å²) >= 11 is 6.39. The van der Waals surface area contributed by atoms with Gasteiger partial charge in [0.25, 0.3) is 0 Å². The highest BCUT2D eigenvalue weighted by molar-refractivity contribution is 6.33. The van der Waals surface area contributed by atoms with Gasteiger partial charge in [-0.3, -0.25) is 4.79 Å². The van der Waals surface area contributed by atoms with Gasteiger partial charge in [0, 0.05) is 5.56 Å². The Morgan fingerprint density at radius 3 is 2.36 bits per heavy atom. The second kappa shape index (κ2) is 9.00. The lowest BCUT2D eigenvalue weighted by Crippen LogP contribution is -2.17. The van der Waals surface area contributed by atoms with Gasteiger partial charge >= 0.3 is 5.97 Å². The van der Waals surface area contributed by atoms with Gasteiger partial charge in [0.05, 0.1) is 30.2 Å². The summed E-state index contributed by atoms with van der Waals surface area (Å²) in [6, 6.07) is 15.1. The van der Waals surface area contributed by atoms with Crippen LogP contribution in [0.4, 0.5) is 0 Å². The van der Waals surface area contributed by atoms with Crippen molar-refractivity contribution in [1.82, 2.24) is 0 Å². The lowest BCUT2D eigenvalue weighted by Gasteiger charge is -2.14. The molecule has 0 spiro atoms. The third kappa shape index (κ3) is 4.17. The summed E-state index contributed by atoms with van der Waals surface area (Å²) in [5, 5.41) is 0.673. The summed E-state index contributed by atoms with van der Waals surface area (Å²) in [7, 11) is 2.96. The van der Waals surface area contributed by atoms with Crippen molar-refractivity contribution in [3.05, 3.63) is 86.5 Å². The Balaban J connectivity index is 1.91. The fourth-order valence-electron chi connectivity index (χ4n) is 3.66. The number of fused-ring (bicyclic) bond motifs is 1. The summed E-state index contributed by atoms with van der Waals surface area (Å²) in [6.07, 6.45) is 0.